The average Bonchev–Trinajstić information content (AvgIpc) is 0.746. The third kappa shape index (κ3) is 36.4. The van der Waals surface area contributed by atoms with E-state index in [-0.39, 0.29) is 28.8 Å². The van der Waals surface area contributed by atoms with E-state index in [2.05, 4.69) is 257 Å². The fraction of sp³-hybridized carbons (Fsp3) is 0.511. The lowest BCUT2D eigenvalue weighted by Crippen LogP contribution is -2.13. The van der Waals surface area contributed by atoms with E-state index < -0.39 is 5.97 Å². The van der Waals surface area contributed by atoms with Gasteiger partial charge in [-0.15, -0.1) is 23.2 Å². The number of phenolic OH excluding ortho intramolecular Hbond substituents is 2. The molecule has 0 saturated heterocycles. The van der Waals surface area contributed by atoms with Gasteiger partial charge in [0.1, 0.15) is 23.0 Å². The van der Waals surface area contributed by atoms with Crippen LogP contribution >= 0.6 is 71.0 Å². The Morgan fingerprint density at radius 2 is 0.467 bits per heavy atom. The van der Waals surface area contributed by atoms with Crippen molar-refractivity contribution >= 4 is 132 Å². The zero-order valence-electron chi connectivity index (χ0n) is 91.2. The molecule has 4 fully saturated rings. The third-order valence-corrected chi connectivity index (χ3v) is 35.2. The van der Waals surface area contributed by atoms with Gasteiger partial charge in [0.25, 0.3) is 0 Å². The molecule has 0 radical (unpaired) electrons. The molecular weight excluding hydrogens is 2080 g/mol. The molecule has 12 aromatic rings. The van der Waals surface area contributed by atoms with Crippen molar-refractivity contribution in [2.45, 2.75) is 398 Å². The number of hydrogen-bond acceptors (Lipinski definition) is 7. The van der Waals surface area contributed by atoms with E-state index in [1.165, 1.54) is 321 Å². The van der Waals surface area contributed by atoms with Crippen LogP contribution in [-0.4, -0.2) is 54.6 Å². The molecule has 0 bridgehead atoms. The number of benzene rings is 12. The Bertz CT molecular complexity index is 5670. The molecule has 806 valence electrons. The highest BCUT2D eigenvalue weighted by Gasteiger charge is 2.30. The highest BCUT2D eigenvalue weighted by Crippen LogP contribution is 2.52. The number of halogens is 5. The van der Waals surface area contributed by atoms with Gasteiger partial charge in [-0.1, -0.05) is 432 Å². The van der Waals surface area contributed by atoms with E-state index in [0.29, 0.717) is 65.6 Å². The molecule has 4 aliphatic rings. The molecule has 0 aliphatic heterocycles. The molecule has 13 heteroatoms. The smallest absolute Gasteiger partial charge is 0.311 e. The van der Waals surface area contributed by atoms with Gasteiger partial charge in [0.05, 0.1) is 5.34 Å². The van der Waals surface area contributed by atoms with Crippen molar-refractivity contribution < 1.29 is 39.2 Å². The number of carboxylic acid groups (broad SMARTS) is 1. The van der Waals surface area contributed by atoms with Crippen LogP contribution in [0.4, 0.5) is 0 Å². The lowest BCUT2D eigenvalue weighted by Gasteiger charge is -2.28. The van der Waals surface area contributed by atoms with Gasteiger partial charge in [-0.3, -0.25) is 14.4 Å². The normalized spacial score (nSPS) is 17.7. The largest absolute Gasteiger partial charge is 0.507 e. The van der Waals surface area contributed by atoms with Crippen LogP contribution in [0.25, 0.3) is 110 Å². The molecule has 16 rings (SSSR count). The van der Waals surface area contributed by atoms with Gasteiger partial charge >= 0.3 is 17.9 Å². The summed E-state index contributed by atoms with van der Waals surface area (Å²) in [5.41, 5.74) is 18.1. The van der Waals surface area contributed by atoms with Crippen molar-refractivity contribution in [3.05, 3.63) is 241 Å². The van der Waals surface area contributed by atoms with E-state index in [9.17, 15) is 24.6 Å². The second-order valence-electron chi connectivity index (χ2n) is 44.4. The first-order chi connectivity index (χ1) is 73.5. The molecule has 4 aliphatic carbocycles. The maximum atomic E-state index is 14.0. The fourth-order valence-electron chi connectivity index (χ4n) is 24.9. The Labute approximate surface area is 936 Å². The van der Waals surface area contributed by atoms with Crippen molar-refractivity contribution in [3.63, 3.8) is 0 Å². The molecule has 0 amide bonds. The second-order valence-corrected chi connectivity index (χ2v) is 47.5. The van der Waals surface area contributed by atoms with Gasteiger partial charge in [0.15, 0.2) is 0 Å². The average molecular weight is 2260 g/mol. The Morgan fingerprint density at radius 3 is 0.693 bits per heavy atom. The summed E-state index contributed by atoms with van der Waals surface area (Å²) >= 11 is 20.1. The second kappa shape index (κ2) is 65.5. The van der Waals surface area contributed by atoms with Crippen LogP contribution in [0.5, 0.6) is 23.0 Å². The molecule has 4 saturated carbocycles. The molecule has 12 aromatic carbocycles. The lowest BCUT2D eigenvalue weighted by atomic mass is 9.77. The number of rotatable bonds is 53. The maximum Gasteiger partial charge on any atom is 0.311 e. The van der Waals surface area contributed by atoms with E-state index >= 15 is 0 Å². The molecular formula is C137H175Br3Cl2O8. The molecule has 0 spiro atoms. The SMILES string of the molecule is CCCC1CCC(c2ccc(-c3ccc4c(-c5c(O)ccc6cc(-c7ccc(C8CCC(CCC)CC8)cc7)ccc56)c(O)ccc4c3)cc2)CC1.CCCC1CCC(c2ccc(-c3ccc4c(-c5c(OC(=O)CCCCCCCCCCCBr)ccc6cc(-c7ccc(C8CCC(CCC)CC8)cc7)ccc56)c(OC(=O)CCCCCCCCCCCBr)ccc4c3)cc2)CC1.ClCCl.O=C(O)CCCCCCCCCCCBr. The van der Waals surface area contributed by atoms with E-state index in [1.54, 1.807) is 12.1 Å². The summed E-state index contributed by atoms with van der Waals surface area (Å²) in [5.74, 6) is 6.47. The van der Waals surface area contributed by atoms with Crippen LogP contribution in [0.2, 0.25) is 0 Å². The Kier molecular flexibility index (Phi) is 51.9. The van der Waals surface area contributed by atoms with Crippen molar-refractivity contribution in [2.24, 2.45) is 23.7 Å². The first-order valence-electron chi connectivity index (χ1n) is 59.0. The van der Waals surface area contributed by atoms with Crippen molar-refractivity contribution in [3.8, 4) is 89.8 Å². The number of aliphatic carboxylic acids is 1. The van der Waals surface area contributed by atoms with Crippen LogP contribution in [0, 0.1) is 23.7 Å². The molecule has 0 unspecified atom stereocenters. The van der Waals surface area contributed by atoms with Crippen molar-refractivity contribution in [1.82, 2.24) is 0 Å². The van der Waals surface area contributed by atoms with Crippen LogP contribution in [0.1, 0.15) is 420 Å². The fourth-order valence-corrected chi connectivity index (χ4v) is 26.1. The predicted octanol–water partition coefficient (Wildman–Crippen LogP) is 43.9. The first kappa shape index (κ1) is 119. The van der Waals surface area contributed by atoms with Crippen LogP contribution in [-0.2, 0) is 14.4 Å². The van der Waals surface area contributed by atoms with Crippen molar-refractivity contribution in [2.75, 3.05) is 21.3 Å². The number of carboxylic acids is 1. The zero-order chi connectivity index (χ0) is 105. The van der Waals surface area contributed by atoms with Gasteiger partial charge in [-0.2, -0.15) is 0 Å². The lowest BCUT2D eigenvalue weighted by molar-refractivity contribution is -0.137. The molecule has 0 aromatic heterocycles. The molecule has 0 atom stereocenters. The monoisotopic (exact) mass is 2260 g/mol. The number of fused-ring (bicyclic) bond motifs is 4. The number of alkyl halides is 5. The summed E-state index contributed by atoms with van der Waals surface area (Å²) in [4.78, 5) is 38.3. The highest BCUT2D eigenvalue weighted by molar-refractivity contribution is 9.09. The van der Waals surface area contributed by atoms with Gasteiger partial charge in [0.2, 0.25) is 0 Å². The van der Waals surface area contributed by atoms with Crippen LogP contribution in [0.3, 0.4) is 0 Å². The zero-order valence-corrected chi connectivity index (χ0v) is 97.5. The number of hydrogen-bond donors (Lipinski definition) is 3. The minimum absolute atomic E-state index is 0.171. The Hall–Kier alpha value is -8.29. The topological polar surface area (TPSA) is 130 Å². The van der Waals surface area contributed by atoms with E-state index in [1.807, 2.05) is 24.3 Å². The number of esters is 2. The summed E-state index contributed by atoms with van der Waals surface area (Å²) in [6, 6.07) is 79.0. The Morgan fingerprint density at radius 1 is 0.260 bits per heavy atom. The third-order valence-electron chi connectivity index (χ3n) is 33.5. The van der Waals surface area contributed by atoms with Gasteiger partial charge in [-0.25, -0.2) is 0 Å². The van der Waals surface area contributed by atoms with Crippen LogP contribution < -0.4 is 9.47 Å². The van der Waals surface area contributed by atoms with E-state index in [0.717, 1.165) is 167 Å². The molecule has 8 nitrogen and oxygen atoms in total. The molecule has 150 heavy (non-hydrogen) atoms. The quantitative estimate of drug-likeness (QED) is 0.0149. The summed E-state index contributed by atoms with van der Waals surface area (Å²) < 4.78 is 13.1. The number of carbonyl (C=O) groups excluding carboxylic acids is 2. The Balaban J connectivity index is 0.000000227. The number of carbonyl (C=O) groups is 3. The summed E-state index contributed by atoms with van der Waals surface area (Å²) in [6.45, 7) is 9.25. The standard InChI is InChI=1S/C74H96Br2O4.C50H54O2.C12H23BrO2.CH2Cl2/c1-3-23-55-27-31-57(32-28-55)59-35-39-61(40-36-59)63-43-47-67-65(53-63)45-49-69(79-71(77)25-19-15-11-7-5-9-13-17-21-51-75)73(67)74-68-48-44-64(62-41-37-60(38-42-62)58-33-29-56(24-4-2)30-34-58)54-66(68)46-50-70(74)80-72(78)26-20-16-12-8-6-10-14-18-22-52-76;1-3-5-33-7-11-35(12-8-33)37-15-19-39(20-16-37)41-23-27-45-43(31-41)25-29-47(51)49(45)50-46-28-24-42(32-44(46)26-30-48(50)52)40-21-17-38(18-22-40)36-13-9-34(6-4-2)10-14-36;13-11-9-7-5-3-1-2-4-6-8-10-12(14)15;2-1-3/h35-50,53-58H,3-34,51-52H2,1-2H3;15-36,51-52H,3-14H2,1-2H3;1-11H2,(H,14,15);1H2. The van der Waals surface area contributed by atoms with Gasteiger partial charge < -0.3 is 24.8 Å². The minimum Gasteiger partial charge on any atom is -0.507 e. The maximum absolute atomic E-state index is 14.0. The van der Waals surface area contributed by atoms with E-state index in [4.69, 9.17) is 37.8 Å². The summed E-state index contributed by atoms with van der Waals surface area (Å²) in [7, 11) is 0. The van der Waals surface area contributed by atoms with Crippen LogP contribution in [0.15, 0.2) is 218 Å². The van der Waals surface area contributed by atoms with Gasteiger partial charge in [0, 0.05) is 57.5 Å². The summed E-state index contributed by atoms with van der Waals surface area (Å²) in [5, 5.41) is 42.5. The number of aromatic hydroxyl groups is 2. The predicted molar refractivity (Wildman–Crippen MR) is 653 cm³/mol. The number of phenols is 2. The highest BCUT2D eigenvalue weighted by atomic mass is 79.9. The first-order valence-corrected chi connectivity index (χ1v) is 63.5. The minimum atomic E-state index is -0.662. The van der Waals surface area contributed by atoms with Crippen molar-refractivity contribution in [1.29, 1.82) is 0 Å². The summed E-state index contributed by atoms with van der Waals surface area (Å²) in [6.07, 6.45) is 64.9. The molecule has 0 heterocycles. The molecule has 3 N–H and O–H groups in total. The van der Waals surface area contributed by atoms with Gasteiger partial charge in [-0.05, 0) is 347 Å². The number of unbranched alkanes of at least 4 members (excludes halogenated alkanes) is 24. The number of ether oxygens (including phenoxy) is 2.